The van der Waals surface area contributed by atoms with Crippen LogP contribution in [-0.4, -0.2) is 11.5 Å². The summed E-state index contributed by atoms with van der Waals surface area (Å²) in [5, 5.41) is 5.10. The molecule has 0 amide bonds. The normalized spacial score (nSPS) is 12.4. The van der Waals surface area contributed by atoms with E-state index in [0.29, 0.717) is 17.9 Å². The van der Waals surface area contributed by atoms with Gasteiger partial charge in [0.2, 0.25) is 0 Å². The predicted molar refractivity (Wildman–Crippen MR) is 74.9 cm³/mol. The van der Waals surface area contributed by atoms with Gasteiger partial charge in [0.05, 0.1) is 11.2 Å². The van der Waals surface area contributed by atoms with Crippen LogP contribution in [0.15, 0.2) is 29.1 Å². The fourth-order valence-electron chi connectivity index (χ4n) is 1.83. The zero-order valence-corrected chi connectivity index (χ0v) is 11.8. The zero-order valence-electron chi connectivity index (χ0n) is 11.0. The summed E-state index contributed by atoms with van der Waals surface area (Å²) in [6.07, 6.45) is 0. The van der Waals surface area contributed by atoms with Crippen LogP contribution >= 0.6 is 11.3 Å². The second-order valence-electron chi connectivity index (χ2n) is 4.23. The average Bonchev–Trinajstić information content (AvgIpc) is 2.89. The van der Waals surface area contributed by atoms with Crippen molar-refractivity contribution in [2.24, 2.45) is 0 Å². The topological polar surface area (TPSA) is 34.1 Å². The van der Waals surface area contributed by atoms with E-state index in [1.807, 2.05) is 19.2 Å². The fraction of sp³-hybridized carbons (Fsp3) is 0.357. The number of halogens is 1. The highest BCUT2D eigenvalue weighted by molar-refractivity contribution is 7.07. The lowest BCUT2D eigenvalue weighted by Crippen LogP contribution is -2.18. The third-order valence-electron chi connectivity index (χ3n) is 2.82. The number of nitrogens with zero attached hydrogens (tertiary/aromatic N) is 1. The predicted octanol–water partition coefficient (Wildman–Crippen LogP) is 3.53. The summed E-state index contributed by atoms with van der Waals surface area (Å²) < 4.78 is 19.5. The third kappa shape index (κ3) is 3.75. The van der Waals surface area contributed by atoms with Crippen LogP contribution in [0.1, 0.15) is 31.1 Å². The van der Waals surface area contributed by atoms with Gasteiger partial charge in [-0.15, -0.1) is 11.3 Å². The first-order chi connectivity index (χ1) is 9.20. The maximum atomic E-state index is 14.0. The first kappa shape index (κ1) is 14.0. The van der Waals surface area contributed by atoms with Gasteiger partial charge in [0.15, 0.2) is 0 Å². The van der Waals surface area contributed by atoms with Crippen LogP contribution in [0.25, 0.3) is 0 Å². The van der Waals surface area contributed by atoms with Crippen molar-refractivity contribution in [2.45, 2.75) is 26.5 Å². The number of hydrogen-bond donors (Lipinski definition) is 1. The molecule has 1 unspecified atom stereocenters. The zero-order chi connectivity index (χ0) is 13.7. The molecule has 0 aliphatic carbocycles. The van der Waals surface area contributed by atoms with Gasteiger partial charge in [-0.25, -0.2) is 9.37 Å². The molecule has 19 heavy (non-hydrogen) atoms. The second-order valence-corrected chi connectivity index (χ2v) is 4.95. The smallest absolute Gasteiger partial charge is 0.131 e. The molecule has 1 aromatic heterocycles. The van der Waals surface area contributed by atoms with Gasteiger partial charge in [-0.1, -0.05) is 13.0 Å². The standard InChI is InChI=1S/C14H17FN2OS/c1-3-16-10(2)13-5-4-12(6-14(13)15)18-7-11-8-19-9-17-11/h4-6,8-10,16H,3,7H2,1-2H3. The molecule has 3 nitrogen and oxygen atoms in total. The van der Waals surface area contributed by atoms with Crippen LogP contribution in [0.5, 0.6) is 5.75 Å². The molecule has 1 heterocycles. The van der Waals surface area contributed by atoms with Gasteiger partial charge < -0.3 is 10.1 Å². The molecule has 2 aromatic rings. The monoisotopic (exact) mass is 280 g/mol. The van der Waals surface area contributed by atoms with E-state index in [1.165, 1.54) is 17.4 Å². The van der Waals surface area contributed by atoms with E-state index in [-0.39, 0.29) is 11.9 Å². The molecular formula is C14H17FN2OS. The molecule has 0 spiro atoms. The van der Waals surface area contributed by atoms with E-state index >= 15 is 0 Å². The SMILES string of the molecule is CCNC(C)c1ccc(OCc2cscn2)cc1F. The highest BCUT2D eigenvalue weighted by atomic mass is 32.1. The van der Waals surface area contributed by atoms with Gasteiger partial charge in [-0.2, -0.15) is 0 Å². The molecule has 0 saturated carbocycles. The lowest BCUT2D eigenvalue weighted by molar-refractivity contribution is 0.300. The first-order valence-electron chi connectivity index (χ1n) is 6.23. The number of ether oxygens (including phenoxy) is 1. The molecule has 0 bridgehead atoms. The molecule has 0 fully saturated rings. The molecule has 102 valence electrons. The minimum atomic E-state index is -0.246. The Bertz CT molecular complexity index is 516. The third-order valence-corrected chi connectivity index (χ3v) is 3.45. The number of hydrogen-bond acceptors (Lipinski definition) is 4. The number of aromatic nitrogens is 1. The highest BCUT2D eigenvalue weighted by Gasteiger charge is 2.10. The number of benzene rings is 1. The molecule has 1 N–H and O–H groups in total. The minimum Gasteiger partial charge on any atom is -0.487 e. The van der Waals surface area contributed by atoms with Gasteiger partial charge in [0, 0.05) is 23.1 Å². The molecular weight excluding hydrogens is 263 g/mol. The Morgan fingerprint density at radius 2 is 2.32 bits per heavy atom. The Kier molecular flexibility index (Phi) is 4.87. The summed E-state index contributed by atoms with van der Waals surface area (Å²) in [6, 6.07) is 4.98. The summed E-state index contributed by atoms with van der Waals surface area (Å²) in [7, 11) is 0. The van der Waals surface area contributed by atoms with Crippen molar-refractivity contribution in [1.29, 1.82) is 0 Å². The van der Waals surface area contributed by atoms with Gasteiger partial charge >= 0.3 is 0 Å². The van der Waals surface area contributed by atoms with E-state index < -0.39 is 0 Å². The van der Waals surface area contributed by atoms with Crippen molar-refractivity contribution in [3.05, 3.63) is 46.2 Å². The van der Waals surface area contributed by atoms with Crippen LogP contribution in [0.3, 0.4) is 0 Å². The Morgan fingerprint density at radius 1 is 1.47 bits per heavy atom. The Balaban J connectivity index is 2.02. The van der Waals surface area contributed by atoms with Crippen molar-refractivity contribution in [3.8, 4) is 5.75 Å². The van der Waals surface area contributed by atoms with Crippen molar-refractivity contribution in [3.63, 3.8) is 0 Å². The summed E-state index contributed by atoms with van der Waals surface area (Å²) in [5.74, 6) is 0.280. The molecule has 5 heteroatoms. The van der Waals surface area contributed by atoms with Gasteiger partial charge in [0.1, 0.15) is 18.2 Å². The van der Waals surface area contributed by atoms with Crippen molar-refractivity contribution < 1.29 is 9.13 Å². The Hall–Kier alpha value is -1.46. The first-order valence-corrected chi connectivity index (χ1v) is 7.17. The van der Waals surface area contributed by atoms with E-state index in [1.54, 1.807) is 17.6 Å². The van der Waals surface area contributed by atoms with Crippen molar-refractivity contribution >= 4 is 11.3 Å². The summed E-state index contributed by atoms with van der Waals surface area (Å²) >= 11 is 1.52. The largest absolute Gasteiger partial charge is 0.487 e. The van der Waals surface area contributed by atoms with E-state index in [9.17, 15) is 4.39 Å². The lowest BCUT2D eigenvalue weighted by atomic mass is 10.1. The number of rotatable bonds is 6. The quantitative estimate of drug-likeness (QED) is 0.879. The Labute approximate surface area is 116 Å². The second kappa shape index (κ2) is 6.63. The van der Waals surface area contributed by atoms with Crippen LogP contribution in [-0.2, 0) is 6.61 Å². The van der Waals surface area contributed by atoms with Gasteiger partial charge in [-0.05, 0) is 19.5 Å². The minimum absolute atomic E-state index is 0.00223. The molecule has 1 atom stereocenters. The van der Waals surface area contributed by atoms with E-state index in [2.05, 4.69) is 10.3 Å². The van der Waals surface area contributed by atoms with Crippen LogP contribution in [0.2, 0.25) is 0 Å². The van der Waals surface area contributed by atoms with Gasteiger partial charge in [0.25, 0.3) is 0 Å². The maximum absolute atomic E-state index is 14.0. The van der Waals surface area contributed by atoms with E-state index in [4.69, 9.17) is 4.74 Å². The maximum Gasteiger partial charge on any atom is 0.131 e. The molecule has 0 radical (unpaired) electrons. The Morgan fingerprint density at radius 3 is 2.95 bits per heavy atom. The number of thiazole rings is 1. The highest BCUT2D eigenvalue weighted by Crippen LogP contribution is 2.22. The fourth-order valence-corrected chi connectivity index (χ4v) is 2.37. The lowest BCUT2D eigenvalue weighted by Gasteiger charge is -2.14. The molecule has 0 saturated heterocycles. The molecule has 0 aliphatic rings. The average molecular weight is 280 g/mol. The van der Waals surface area contributed by atoms with E-state index in [0.717, 1.165) is 12.2 Å². The molecule has 2 rings (SSSR count). The molecule has 0 aliphatic heterocycles. The number of nitrogens with one attached hydrogen (secondary N) is 1. The summed E-state index contributed by atoms with van der Waals surface area (Å²) in [4.78, 5) is 4.11. The van der Waals surface area contributed by atoms with Crippen molar-refractivity contribution in [2.75, 3.05) is 6.54 Å². The van der Waals surface area contributed by atoms with Gasteiger partial charge in [-0.3, -0.25) is 0 Å². The summed E-state index contributed by atoms with van der Waals surface area (Å²) in [5.41, 5.74) is 3.26. The van der Waals surface area contributed by atoms with Crippen LogP contribution in [0, 0.1) is 5.82 Å². The van der Waals surface area contributed by atoms with Crippen molar-refractivity contribution in [1.82, 2.24) is 10.3 Å². The van der Waals surface area contributed by atoms with Crippen LogP contribution < -0.4 is 10.1 Å². The summed E-state index contributed by atoms with van der Waals surface area (Å²) in [6.45, 7) is 5.12. The molecule has 1 aromatic carbocycles. The van der Waals surface area contributed by atoms with Crippen LogP contribution in [0.4, 0.5) is 4.39 Å².